The van der Waals surface area contributed by atoms with Gasteiger partial charge in [-0.25, -0.2) is 9.48 Å². The number of hydrogen-bond acceptors (Lipinski definition) is 4. The van der Waals surface area contributed by atoms with E-state index in [1.165, 1.54) is 0 Å². The molecule has 1 aromatic carbocycles. The zero-order valence-corrected chi connectivity index (χ0v) is 16.1. The number of anilines is 1. The van der Waals surface area contributed by atoms with E-state index < -0.39 is 17.7 Å². The zero-order valence-electron chi connectivity index (χ0n) is 16.1. The highest BCUT2D eigenvalue weighted by molar-refractivity contribution is 5.97. The molecular weight excluding hydrogens is 332 g/mol. The molecule has 0 unspecified atom stereocenters. The van der Waals surface area contributed by atoms with Crippen molar-refractivity contribution >= 4 is 17.7 Å². The van der Waals surface area contributed by atoms with Crippen molar-refractivity contribution in [2.45, 2.75) is 53.2 Å². The predicted octanol–water partition coefficient (Wildman–Crippen LogP) is 3.34. The molecule has 0 saturated heterocycles. The molecule has 1 heterocycles. The highest BCUT2D eigenvalue weighted by Crippen LogP contribution is 2.21. The van der Waals surface area contributed by atoms with Crippen LogP contribution in [0.5, 0.6) is 0 Å². The molecule has 0 aliphatic heterocycles. The van der Waals surface area contributed by atoms with Crippen molar-refractivity contribution < 1.29 is 14.3 Å². The van der Waals surface area contributed by atoms with Gasteiger partial charge in [0.15, 0.2) is 0 Å². The Labute approximate surface area is 153 Å². The number of alkyl carbamates (subject to hydrolysis) is 1. The van der Waals surface area contributed by atoms with Crippen LogP contribution < -0.4 is 10.6 Å². The standard InChI is InChI=1S/C19H26N4O3/c1-12-11-13(2)23(22-12)16-10-8-7-9-15(16)21-17(24)14(3)20-18(25)26-19(4,5)6/h7-11,14H,1-6H3,(H,20,25)(H,21,24)/t14-/m1/s1. The fraction of sp³-hybridized carbons (Fsp3) is 0.421. The number of para-hydroxylation sites is 2. The number of carbonyl (C=O) groups excluding carboxylic acids is 2. The number of aromatic nitrogens is 2. The molecule has 2 amide bonds. The highest BCUT2D eigenvalue weighted by Gasteiger charge is 2.22. The first-order valence-corrected chi connectivity index (χ1v) is 8.50. The van der Waals surface area contributed by atoms with E-state index >= 15 is 0 Å². The fourth-order valence-corrected chi connectivity index (χ4v) is 2.43. The summed E-state index contributed by atoms with van der Waals surface area (Å²) in [6, 6.07) is 8.59. The second-order valence-electron chi connectivity index (χ2n) is 7.21. The number of aryl methyl sites for hydroxylation is 2. The van der Waals surface area contributed by atoms with Crippen molar-refractivity contribution in [1.29, 1.82) is 0 Å². The summed E-state index contributed by atoms with van der Waals surface area (Å²) in [5.41, 5.74) is 2.60. The molecule has 0 radical (unpaired) electrons. The van der Waals surface area contributed by atoms with Crippen LogP contribution in [-0.2, 0) is 9.53 Å². The Kier molecular flexibility index (Phi) is 5.69. The lowest BCUT2D eigenvalue weighted by Gasteiger charge is -2.22. The molecule has 1 aromatic heterocycles. The molecule has 26 heavy (non-hydrogen) atoms. The van der Waals surface area contributed by atoms with E-state index in [4.69, 9.17) is 4.74 Å². The first-order chi connectivity index (χ1) is 12.1. The minimum absolute atomic E-state index is 0.343. The third kappa shape index (κ3) is 5.08. The Morgan fingerprint density at radius 1 is 1.19 bits per heavy atom. The smallest absolute Gasteiger partial charge is 0.408 e. The molecule has 2 aromatic rings. The van der Waals surface area contributed by atoms with Crippen LogP contribution in [-0.4, -0.2) is 33.4 Å². The average Bonchev–Trinajstić information content (AvgIpc) is 2.84. The summed E-state index contributed by atoms with van der Waals surface area (Å²) in [6.45, 7) is 10.8. The fourth-order valence-electron chi connectivity index (χ4n) is 2.43. The summed E-state index contributed by atoms with van der Waals surface area (Å²) in [7, 11) is 0. The van der Waals surface area contributed by atoms with Crippen LogP contribution in [0.4, 0.5) is 10.5 Å². The van der Waals surface area contributed by atoms with Gasteiger partial charge in [0, 0.05) is 5.69 Å². The van der Waals surface area contributed by atoms with Gasteiger partial charge < -0.3 is 15.4 Å². The summed E-state index contributed by atoms with van der Waals surface area (Å²) in [6.07, 6.45) is -0.632. The Balaban J connectivity index is 2.12. The number of benzene rings is 1. The first-order valence-electron chi connectivity index (χ1n) is 8.50. The van der Waals surface area contributed by atoms with Gasteiger partial charge in [-0.3, -0.25) is 4.79 Å². The first kappa shape index (κ1) is 19.5. The van der Waals surface area contributed by atoms with E-state index in [1.807, 2.05) is 38.1 Å². The normalized spacial score (nSPS) is 12.4. The van der Waals surface area contributed by atoms with E-state index in [9.17, 15) is 9.59 Å². The number of nitrogens with zero attached hydrogens (tertiary/aromatic N) is 2. The van der Waals surface area contributed by atoms with Crippen LogP contribution >= 0.6 is 0 Å². The maximum Gasteiger partial charge on any atom is 0.408 e. The monoisotopic (exact) mass is 358 g/mol. The number of nitrogens with one attached hydrogen (secondary N) is 2. The van der Waals surface area contributed by atoms with Crippen LogP contribution in [0.15, 0.2) is 30.3 Å². The van der Waals surface area contributed by atoms with Crippen LogP contribution in [0.3, 0.4) is 0 Å². The number of hydrogen-bond donors (Lipinski definition) is 2. The quantitative estimate of drug-likeness (QED) is 0.878. The van der Waals surface area contributed by atoms with Crippen molar-refractivity contribution in [3.63, 3.8) is 0 Å². The van der Waals surface area contributed by atoms with E-state index in [-0.39, 0.29) is 5.91 Å². The van der Waals surface area contributed by atoms with Crippen molar-refractivity contribution in [1.82, 2.24) is 15.1 Å². The molecule has 7 nitrogen and oxygen atoms in total. The van der Waals surface area contributed by atoms with E-state index in [0.717, 1.165) is 17.1 Å². The van der Waals surface area contributed by atoms with Crippen molar-refractivity contribution in [2.75, 3.05) is 5.32 Å². The Bertz CT molecular complexity index is 805. The van der Waals surface area contributed by atoms with E-state index in [1.54, 1.807) is 38.4 Å². The van der Waals surface area contributed by atoms with Crippen LogP contribution in [0.1, 0.15) is 39.1 Å². The van der Waals surface area contributed by atoms with Gasteiger partial charge in [0.1, 0.15) is 11.6 Å². The Morgan fingerprint density at radius 3 is 2.42 bits per heavy atom. The topological polar surface area (TPSA) is 85.2 Å². The third-order valence-corrected chi connectivity index (χ3v) is 3.53. The van der Waals surface area contributed by atoms with Crippen molar-refractivity contribution in [3.05, 3.63) is 41.7 Å². The lowest BCUT2D eigenvalue weighted by molar-refractivity contribution is -0.117. The van der Waals surface area contributed by atoms with Crippen molar-refractivity contribution in [2.24, 2.45) is 0 Å². The Morgan fingerprint density at radius 2 is 1.85 bits per heavy atom. The van der Waals surface area contributed by atoms with Gasteiger partial charge >= 0.3 is 6.09 Å². The number of carbonyl (C=O) groups is 2. The summed E-state index contributed by atoms with van der Waals surface area (Å²) >= 11 is 0. The van der Waals surface area contributed by atoms with Crippen LogP contribution in [0, 0.1) is 13.8 Å². The number of ether oxygens (including phenoxy) is 1. The summed E-state index contributed by atoms with van der Waals surface area (Å²) in [4.78, 5) is 24.3. The summed E-state index contributed by atoms with van der Waals surface area (Å²) in [5, 5.41) is 9.84. The maximum atomic E-state index is 12.5. The molecule has 0 bridgehead atoms. The molecule has 0 saturated carbocycles. The molecule has 0 aliphatic rings. The Hall–Kier alpha value is -2.83. The zero-order chi connectivity index (χ0) is 19.5. The van der Waals surface area contributed by atoms with Gasteiger partial charge in [-0.15, -0.1) is 0 Å². The van der Waals surface area contributed by atoms with Gasteiger partial charge in [-0.1, -0.05) is 12.1 Å². The molecule has 0 fully saturated rings. The minimum Gasteiger partial charge on any atom is -0.444 e. The molecular formula is C19H26N4O3. The molecule has 2 N–H and O–H groups in total. The van der Waals surface area contributed by atoms with E-state index in [2.05, 4.69) is 15.7 Å². The van der Waals surface area contributed by atoms with Gasteiger partial charge in [0.05, 0.1) is 17.1 Å². The molecule has 7 heteroatoms. The van der Waals surface area contributed by atoms with Gasteiger partial charge in [0.2, 0.25) is 5.91 Å². The minimum atomic E-state index is -0.752. The molecule has 0 aliphatic carbocycles. The maximum absolute atomic E-state index is 12.5. The second-order valence-corrected chi connectivity index (χ2v) is 7.21. The average molecular weight is 358 g/mol. The summed E-state index contributed by atoms with van der Waals surface area (Å²) < 4.78 is 6.95. The highest BCUT2D eigenvalue weighted by atomic mass is 16.6. The lowest BCUT2D eigenvalue weighted by atomic mass is 10.2. The second kappa shape index (κ2) is 7.59. The number of rotatable bonds is 4. The largest absolute Gasteiger partial charge is 0.444 e. The van der Waals surface area contributed by atoms with Crippen molar-refractivity contribution in [3.8, 4) is 5.69 Å². The molecule has 1 atom stereocenters. The van der Waals surface area contributed by atoms with E-state index in [0.29, 0.717) is 5.69 Å². The molecule has 0 spiro atoms. The lowest BCUT2D eigenvalue weighted by Crippen LogP contribution is -2.44. The van der Waals surface area contributed by atoms with Gasteiger partial charge in [0.25, 0.3) is 0 Å². The van der Waals surface area contributed by atoms with Gasteiger partial charge in [-0.2, -0.15) is 5.10 Å². The molecule has 2 rings (SSSR count). The van der Waals surface area contributed by atoms with Gasteiger partial charge in [-0.05, 0) is 59.7 Å². The molecule has 140 valence electrons. The van der Waals surface area contributed by atoms with Crippen LogP contribution in [0.2, 0.25) is 0 Å². The number of amides is 2. The predicted molar refractivity (Wildman–Crippen MR) is 100 cm³/mol. The summed E-state index contributed by atoms with van der Waals surface area (Å²) in [5.74, 6) is -0.343. The SMILES string of the molecule is Cc1cc(C)n(-c2ccccc2NC(=O)[C@@H](C)NC(=O)OC(C)(C)C)n1. The third-order valence-electron chi connectivity index (χ3n) is 3.53. The van der Waals surface area contributed by atoms with Crippen LogP contribution in [0.25, 0.3) is 5.69 Å².